The van der Waals surface area contributed by atoms with Crippen molar-refractivity contribution in [2.24, 2.45) is 17.8 Å². The minimum Gasteiger partial charge on any atom is -0.481 e. The summed E-state index contributed by atoms with van der Waals surface area (Å²) in [6.45, 7) is 3.64. The molecule has 4 heteroatoms. The summed E-state index contributed by atoms with van der Waals surface area (Å²) in [6, 6.07) is 0. The number of hydrogen-bond donors (Lipinski definition) is 1. The number of carbonyl (C=O) groups excluding carboxylic acids is 1. The second-order valence-corrected chi connectivity index (χ2v) is 5.72. The molecule has 0 aliphatic heterocycles. The third-order valence-electron chi connectivity index (χ3n) is 4.24. The maximum Gasteiger partial charge on any atom is 0.306 e. The van der Waals surface area contributed by atoms with E-state index in [1.807, 2.05) is 11.8 Å². The minimum atomic E-state index is -0.738. The normalized spacial score (nSPS) is 27.8. The molecule has 0 heterocycles. The van der Waals surface area contributed by atoms with Gasteiger partial charge >= 0.3 is 5.97 Å². The molecule has 1 N–H and O–H groups in total. The summed E-state index contributed by atoms with van der Waals surface area (Å²) >= 11 is 0. The second-order valence-electron chi connectivity index (χ2n) is 5.72. The van der Waals surface area contributed by atoms with Crippen molar-refractivity contribution in [2.45, 2.75) is 45.4 Å². The van der Waals surface area contributed by atoms with Gasteiger partial charge in [-0.2, -0.15) is 0 Å². The summed E-state index contributed by atoms with van der Waals surface area (Å²) < 4.78 is 0. The van der Waals surface area contributed by atoms with E-state index in [4.69, 9.17) is 5.11 Å². The van der Waals surface area contributed by atoms with Crippen molar-refractivity contribution < 1.29 is 14.7 Å². The van der Waals surface area contributed by atoms with Crippen LogP contribution in [0, 0.1) is 17.8 Å². The van der Waals surface area contributed by atoms with Gasteiger partial charge in [-0.3, -0.25) is 9.59 Å². The Hall–Kier alpha value is -1.06. The number of nitrogens with zero attached hydrogens (tertiary/aromatic N) is 1. The number of aliphatic carboxylic acids is 1. The smallest absolute Gasteiger partial charge is 0.306 e. The van der Waals surface area contributed by atoms with Crippen molar-refractivity contribution in [1.29, 1.82) is 0 Å². The van der Waals surface area contributed by atoms with Crippen molar-refractivity contribution in [3.8, 4) is 0 Å². The van der Waals surface area contributed by atoms with Gasteiger partial charge in [-0.05, 0) is 44.9 Å². The molecule has 102 valence electrons. The molecule has 0 spiro atoms. The summed E-state index contributed by atoms with van der Waals surface area (Å²) in [5, 5.41) is 9.06. The van der Waals surface area contributed by atoms with Gasteiger partial charge in [-0.25, -0.2) is 0 Å². The summed E-state index contributed by atoms with van der Waals surface area (Å²) in [4.78, 5) is 25.4. The van der Waals surface area contributed by atoms with Gasteiger partial charge in [-0.15, -0.1) is 0 Å². The Bertz CT molecular complexity index is 325. The molecule has 2 aliphatic rings. The van der Waals surface area contributed by atoms with Crippen LogP contribution >= 0.6 is 0 Å². The maximum absolute atomic E-state index is 12.4. The lowest BCUT2D eigenvalue weighted by molar-refractivity contribution is -0.145. The van der Waals surface area contributed by atoms with Gasteiger partial charge in [-0.1, -0.05) is 6.42 Å². The molecule has 4 nitrogen and oxygen atoms in total. The van der Waals surface area contributed by atoms with Crippen molar-refractivity contribution in [2.75, 3.05) is 13.1 Å². The minimum absolute atomic E-state index is 0.0569. The van der Waals surface area contributed by atoms with E-state index < -0.39 is 5.97 Å². The van der Waals surface area contributed by atoms with Crippen LogP contribution < -0.4 is 0 Å². The van der Waals surface area contributed by atoms with Crippen LogP contribution in [0.5, 0.6) is 0 Å². The van der Waals surface area contributed by atoms with Crippen LogP contribution in [0.2, 0.25) is 0 Å². The summed E-state index contributed by atoms with van der Waals surface area (Å²) in [7, 11) is 0. The van der Waals surface area contributed by atoms with Crippen molar-refractivity contribution in [1.82, 2.24) is 4.90 Å². The molecule has 0 radical (unpaired) electrons. The molecule has 2 fully saturated rings. The van der Waals surface area contributed by atoms with Crippen LogP contribution in [-0.4, -0.2) is 35.0 Å². The van der Waals surface area contributed by atoms with E-state index in [0.29, 0.717) is 12.3 Å². The lowest BCUT2D eigenvalue weighted by Crippen LogP contribution is -2.40. The highest BCUT2D eigenvalue weighted by atomic mass is 16.4. The molecule has 1 amide bonds. The van der Waals surface area contributed by atoms with E-state index in [9.17, 15) is 9.59 Å². The third kappa shape index (κ3) is 3.24. The van der Waals surface area contributed by atoms with Crippen molar-refractivity contribution >= 4 is 11.9 Å². The van der Waals surface area contributed by atoms with Crippen LogP contribution in [-0.2, 0) is 9.59 Å². The van der Waals surface area contributed by atoms with Crippen molar-refractivity contribution in [3.63, 3.8) is 0 Å². The molecule has 18 heavy (non-hydrogen) atoms. The van der Waals surface area contributed by atoms with Gasteiger partial charge < -0.3 is 10.0 Å². The maximum atomic E-state index is 12.4. The number of rotatable bonds is 5. The Labute approximate surface area is 108 Å². The first-order chi connectivity index (χ1) is 8.61. The highest BCUT2D eigenvalue weighted by Gasteiger charge is 2.34. The molecular formula is C14H23NO3. The number of hydrogen-bond acceptors (Lipinski definition) is 2. The van der Waals surface area contributed by atoms with E-state index in [1.165, 1.54) is 12.8 Å². The first kappa shape index (κ1) is 13.4. The Morgan fingerprint density at radius 2 is 1.83 bits per heavy atom. The van der Waals surface area contributed by atoms with Gasteiger partial charge in [0.25, 0.3) is 0 Å². The first-order valence-electron chi connectivity index (χ1n) is 7.13. The van der Waals surface area contributed by atoms with E-state index in [2.05, 4.69) is 0 Å². The topological polar surface area (TPSA) is 57.6 Å². The molecule has 0 aromatic carbocycles. The number of carboxylic acid groups (broad SMARTS) is 1. The highest BCUT2D eigenvalue weighted by Crippen LogP contribution is 2.33. The standard InChI is InChI=1S/C14H23NO3/c1-2-15(9-10-6-7-10)13(16)11-4-3-5-12(8-11)14(17)18/h10-12H,2-9H2,1H3,(H,17,18). The van der Waals surface area contributed by atoms with Gasteiger partial charge in [0.2, 0.25) is 5.91 Å². The molecule has 2 atom stereocenters. The van der Waals surface area contributed by atoms with Crippen LogP contribution in [0.15, 0.2) is 0 Å². The fraction of sp³-hybridized carbons (Fsp3) is 0.857. The third-order valence-corrected chi connectivity index (χ3v) is 4.24. The lowest BCUT2D eigenvalue weighted by atomic mass is 9.80. The highest BCUT2D eigenvalue weighted by molar-refractivity contribution is 5.80. The molecule has 0 aromatic rings. The van der Waals surface area contributed by atoms with Crippen LogP contribution in [0.3, 0.4) is 0 Å². The van der Waals surface area contributed by atoms with Crippen LogP contribution in [0.4, 0.5) is 0 Å². The number of carbonyl (C=O) groups is 2. The van der Waals surface area contributed by atoms with Crippen LogP contribution in [0.25, 0.3) is 0 Å². The predicted molar refractivity (Wildman–Crippen MR) is 68.1 cm³/mol. The number of carboxylic acids is 1. The quantitative estimate of drug-likeness (QED) is 0.816. The molecular weight excluding hydrogens is 230 g/mol. The molecule has 2 aliphatic carbocycles. The van der Waals surface area contributed by atoms with E-state index >= 15 is 0 Å². The average Bonchev–Trinajstić information content (AvgIpc) is 3.19. The molecule has 2 rings (SSSR count). The van der Waals surface area contributed by atoms with Crippen LogP contribution in [0.1, 0.15) is 45.4 Å². The lowest BCUT2D eigenvalue weighted by Gasteiger charge is -2.31. The Morgan fingerprint density at radius 3 is 2.39 bits per heavy atom. The number of amides is 1. The molecule has 0 aromatic heterocycles. The van der Waals surface area contributed by atoms with E-state index in [1.54, 1.807) is 0 Å². The van der Waals surface area contributed by atoms with Gasteiger partial charge in [0.15, 0.2) is 0 Å². The zero-order chi connectivity index (χ0) is 13.1. The van der Waals surface area contributed by atoms with Crippen molar-refractivity contribution in [3.05, 3.63) is 0 Å². The summed E-state index contributed by atoms with van der Waals surface area (Å²) in [5.41, 5.74) is 0. The average molecular weight is 253 g/mol. The second kappa shape index (κ2) is 5.72. The molecule has 2 unspecified atom stereocenters. The largest absolute Gasteiger partial charge is 0.481 e. The zero-order valence-electron chi connectivity index (χ0n) is 11.1. The fourth-order valence-electron chi connectivity index (χ4n) is 2.88. The first-order valence-corrected chi connectivity index (χ1v) is 7.13. The summed E-state index contributed by atoms with van der Waals surface area (Å²) in [6.07, 6.45) is 5.49. The Balaban J connectivity index is 1.91. The van der Waals surface area contributed by atoms with E-state index in [-0.39, 0.29) is 17.7 Å². The van der Waals surface area contributed by atoms with Gasteiger partial charge in [0.1, 0.15) is 0 Å². The fourth-order valence-corrected chi connectivity index (χ4v) is 2.88. The van der Waals surface area contributed by atoms with E-state index in [0.717, 1.165) is 32.4 Å². The SMILES string of the molecule is CCN(CC1CC1)C(=O)C1CCCC(C(=O)O)C1. The Kier molecular flexibility index (Phi) is 4.25. The molecule has 0 saturated heterocycles. The molecule has 2 saturated carbocycles. The molecule has 0 bridgehead atoms. The van der Waals surface area contributed by atoms with Gasteiger partial charge in [0.05, 0.1) is 5.92 Å². The summed E-state index contributed by atoms with van der Waals surface area (Å²) in [5.74, 6) is -0.216. The monoisotopic (exact) mass is 253 g/mol. The van der Waals surface area contributed by atoms with Gasteiger partial charge in [0, 0.05) is 19.0 Å². The zero-order valence-corrected chi connectivity index (χ0v) is 11.1. The predicted octanol–water partition coefficient (Wildman–Crippen LogP) is 2.14. The Morgan fingerprint density at radius 1 is 1.17 bits per heavy atom.